The highest BCUT2D eigenvalue weighted by Gasteiger charge is 2.39. The molecule has 0 spiro atoms. The maximum atomic E-state index is 15.0. The Morgan fingerprint density at radius 2 is 0.873 bits per heavy atom. The Labute approximate surface area is 640 Å². The fourth-order valence-corrected chi connectivity index (χ4v) is 11.1. The first-order valence-corrected chi connectivity index (χ1v) is 36.9. The molecule has 1 saturated heterocycles. The Hall–Kier alpha value is -10.3. The summed E-state index contributed by atoms with van der Waals surface area (Å²) in [6, 6.07) is -20.7. The molecule has 1 aliphatic rings. The third kappa shape index (κ3) is 38.6. The molecule has 0 aromatic rings. The normalized spacial score (nSPS) is 20.1. The SMILES string of the molecule is CC(C)CC1NC(=O)[C@H](CC(C)C)NC(=O)CC(C(=O)N[C@@H](CCCN=C(N)N)C(=O)N[C@@H](CC(C)C)C(=O)N[C@H](C(=O)N[C@@H](CC(C)C)C(=O)N[C@@H](CO)C(=O)N[C@@H](CCCCN)C(=O)N[C@@H](CC(N)=O)C(=O)O)C(C)C)NC(=O)C(CC(N)=O)NC(=O)CNC(=O)[C@H](C)NC(=O)[C@H](CC(C)C)NC(=O)CNC1=O. The molecule has 27 N–H and O–H groups in total. The van der Waals surface area contributed by atoms with Crippen LogP contribution in [0.2, 0.25) is 0 Å². The molecule has 0 radical (unpaired) electrons. The standard InChI is InChI=1S/C69H121N21O20/c1-32(2)21-41-57(98)77-30-54(96)80-42(22-33(3)4)60(101)78-38(13)56(97)76-29-53(95)81-46(26-50(71)92)63(104)86-47(28-52(94)79-43(23-34(5)6)61(102)84-41)64(105)82-40(18-16-20-75-69(73)74)58(99)85-45(25-36(9)10)65(106)90-55(37(11)12)67(108)87-44(24-35(7)8)62(103)89-49(31-91)66(107)83-39(17-14-15-19-70)59(100)88-48(68(109)110)27-51(72)93/h32-49,55,91H,14-31,70H2,1-13H3,(H2,71,92)(H2,72,93)(H,76,97)(H,77,98)(H,78,101)(H,79,94)(H,80,96)(H,81,95)(H,82,105)(H,83,107)(H,84,102)(H,85,99)(H,86,104)(H,87,108)(H,88,100)(H,89,103)(H,90,106)(H,109,110)(H4,73,74,75)/t38-,39-,40-,41?,42-,43-,44-,45-,46?,47?,48-,49-,55-/m0/s1. The molecule has 622 valence electrons. The van der Waals surface area contributed by atoms with Crippen molar-refractivity contribution in [3.05, 3.63) is 0 Å². The summed E-state index contributed by atoms with van der Waals surface area (Å²) in [6.07, 6.45) is -2.99. The number of aliphatic carboxylic acids is 1. The van der Waals surface area contributed by atoms with Crippen LogP contribution in [0.25, 0.3) is 0 Å². The molecule has 13 atom stereocenters. The molecule has 0 aromatic heterocycles. The Bertz CT molecular complexity index is 3220. The van der Waals surface area contributed by atoms with Crippen LogP contribution in [0.4, 0.5) is 0 Å². The lowest BCUT2D eigenvalue weighted by Gasteiger charge is -2.30. The number of nitrogens with two attached hydrogens (primary N) is 5. The fraction of sp³-hybridized carbons (Fsp3) is 0.725. The molecular formula is C69H121N21O20. The molecule has 0 aliphatic carbocycles. The molecule has 1 aliphatic heterocycles. The summed E-state index contributed by atoms with van der Waals surface area (Å²) in [5.41, 5.74) is 27.5. The van der Waals surface area contributed by atoms with Gasteiger partial charge in [-0.05, 0) is 113 Å². The molecule has 0 saturated carbocycles. The number of hydrogen-bond donors (Lipinski definition) is 22. The number of nitrogens with one attached hydrogen (secondary N) is 15. The summed E-state index contributed by atoms with van der Waals surface area (Å²) >= 11 is 0. The molecule has 110 heavy (non-hydrogen) atoms. The van der Waals surface area contributed by atoms with Crippen molar-refractivity contribution in [2.45, 2.75) is 252 Å². The zero-order valence-electron chi connectivity index (χ0n) is 65.3. The Balaban J connectivity index is 4.00. The van der Waals surface area contributed by atoms with Crippen LogP contribution >= 0.6 is 0 Å². The van der Waals surface area contributed by atoms with Gasteiger partial charge in [-0.1, -0.05) is 83.1 Å². The smallest absolute Gasteiger partial charge is 0.326 e. The summed E-state index contributed by atoms with van der Waals surface area (Å²) in [5.74, 6) is -21.8. The third-order valence-electron chi connectivity index (χ3n) is 16.7. The van der Waals surface area contributed by atoms with E-state index in [1.54, 1.807) is 83.1 Å². The molecule has 1 rings (SSSR count). The summed E-state index contributed by atoms with van der Waals surface area (Å²) in [7, 11) is 0. The zero-order chi connectivity index (χ0) is 84.0. The summed E-state index contributed by atoms with van der Waals surface area (Å²) < 4.78 is 0. The van der Waals surface area contributed by atoms with E-state index in [4.69, 9.17) is 28.7 Å². The number of guanidine groups is 1. The fourth-order valence-electron chi connectivity index (χ4n) is 11.1. The van der Waals surface area contributed by atoms with E-state index < -0.39 is 236 Å². The van der Waals surface area contributed by atoms with Crippen molar-refractivity contribution >= 4 is 112 Å². The molecule has 41 nitrogen and oxygen atoms in total. The van der Waals surface area contributed by atoms with Crippen LogP contribution in [0, 0.1) is 35.5 Å². The van der Waals surface area contributed by atoms with E-state index in [0.717, 1.165) is 0 Å². The maximum absolute atomic E-state index is 15.0. The molecule has 3 unspecified atom stereocenters. The van der Waals surface area contributed by atoms with Gasteiger partial charge in [-0.2, -0.15) is 0 Å². The van der Waals surface area contributed by atoms with Crippen LogP contribution in [0.5, 0.6) is 0 Å². The van der Waals surface area contributed by atoms with Crippen LogP contribution in [0.3, 0.4) is 0 Å². The van der Waals surface area contributed by atoms with Crippen molar-refractivity contribution < 1.29 is 96.5 Å². The highest BCUT2D eigenvalue weighted by molar-refractivity contribution is 6.02. The van der Waals surface area contributed by atoms with Gasteiger partial charge in [-0.3, -0.25) is 86.5 Å². The molecule has 0 aromatic carbocycles. The number of unbranched alkanes of at least 4 members (excludes halogenated alkanes) is 1. The first-order chi connectivity index (χ1) is 51.3. The van der Waals surface area contributed by atoms with E-state index in [0.29, 0.717) is 6.42 Å². The molecule has 1 heterocycles. The van der Waals surface area contributed by atoms with Gasteiger partial charge in [0.05, 0.1) is 39.0 Å². The lowest BCUT2D eigenvalue weighted by molar-refractivity contribution is -0.144. The van der Waals surface area contributed by atoms with Crippen molar-refractivity contribution in [1.29, 1.82) is 0 Å². The third-order valence-corrected chi connectivity index (χ3v) is 16.7. The van der Waals surface area contributed by atoms with E-state index in [1.807, 2.05) is 0 Å². The first-order valence-electron chi connectivity index (χ1n) is 36.9. The lowest BCUT2D eigenvalue weighted by atomic mass is 9.98. The van der Waals surface area contributed by atoms with Crippen LogP contribution in [-0.2, 0) is 86.3 Å². The second kappa shape index (κ2) is 49.6. The van der Waals surface area contributed by atoms with E-state index in [2.05, 4.69) is 84.7 Å². The second-order valence-electron chi connectivity index (χ2n) is 29.7. The highest BCUT2D eigenvalue weighted by Crippen LogP contribution is 2.16. The number of primary amides is 2. The predicted octanol–water partition coefficient (Wildman–Crippen LogP) is -7.16. The van der Waals surface area contributed by atoms with Gasteiger partial charge in [-0.25, -0.2) is 4.79 Å². The molecule has 0 bridgehead atoms. The highest BCUT2D eigenvalue weighted by atomic mass is 16.4. The number of amides is 17. The number of aliphatic imine (C=N–C) groups is 1. The van der Waals surface area contributed by atoms with Crippen molar-refractivity contribution in [2.75, 3.05) is 32.8 Å². The van der Waals surface area contributed by atoms with Crippen LogP contribution in [0.15, 0.2) is 4.99 Å². The number of rotatable bonds is 39. The molecule has 17 amide bonds. The van der Waals surface area contributed by atoms with Gasteiger partial charge >= 0.3 is 5.97 Å². The number of carboxylic acid groups (broad SMARTS) is 1. The lowest BCUT2D eigenvalue weighted by Crippen LogP contribution is -2.62. The van der Waals surface area contributed by atoms with Gasteiger partial charge in [0, 0.05) is 6.54 Å². The van der Waals surface area contributed by atoms with Gasteiger partial charge in [-0.15, -0.1) is 0 Å². The van der Waals surface area contributed by atoms with Crippen molar-refractivity contribution in [2.24, 2.45) is 69.2 Å². The number of nitrogens with zero attached hydrogens (tertiary/aromatic N) is 1. The van der Waals surface area contributed by atoms with Gasteiger partial charge < -0.3 is 119 Å². The summed E-state index contributed by atoms with van der Waals surface area (Å²) in [6.45, 7) is 18.9. The van der Waals surface area contributed by atoms with E-state index >= 15 is 0 Å². The van der Waals surface area contributed by atoms with Gasteiger partial charge in [0.2, 0.25) is 100 Å². The average Bonchev–Trinajstić information content (AvgIpc) is 0.881. The largest absolute Gasteiger partial charge is 0.480 e. The number of hydrogen-bond acceptors (Lipinski definition) is 21. The van der Waals surface area contributed by atoms with Gasteiger partial charge in [0.1, 0.15) is 78.5 Å². The minimum absolute atomic E-state index is 0.00850. The number of carbonyl (C=O) groups is 18. The van der Waals surface area contributed by atoms with E-state index in [9.17, 15) is 96.5 Å². The van der Waals surface area contributed by atoms with Crippen molar-refractivity contribution in [1.82, 2.24) is 79.8 Å². The summed E-state index contributed by atoms with van der Waals surface area (Å²) in [5, 5.41) is 56.7. The quantitative estimate of drug-likeness (QED) is 0.0154. The average molecular weight is 1560 g/mol. The molecular weight excluding hydrogens is 1440 g/mol. The zero-order valence-corrected chi connectivity index (χ0v) is 65.3. The van der Waals surface area contributed by atoms with Crippen molar-refractivity contribution in [3.8, 4) is 0 Å². The first kappa shape index (κ1) is 97.7. The van der Waals surface area contributed by atoms with Gasteiger partial charge in [0.15, 0.2) is 5.96 Å². The molecule has 1 fully saturated rings. The van der Waals surface area contributed by atoms with Crippen LogP contribution in [-0.4, -0.2) is 234 Å². The second-order valence-corrected chi connectivity index (χ2v) is 29.7. The number of carboxylic acids is 1. The Kier molecular flexibility index (Phi) is 44.1. The summed E-state index contributed by atoms with van der Waals surface area (Å²) in [4.78, 5) is 251. The van der Waals surface area contributed by atoms with Crippen LogP contribution in [0.1, 0.15) is 173 Å². The Morgan fingerprint density at radius 3 is 1.35 bits per heavy atom. The maximum Gasteiger partial charge on any atom is 0.326 e. The number of aliphatic hydroxyl groups is 1. The van der Waals surface area contributed by atoms with E-state index in [-0.39, 0.29) is 101 Å². The minimum atomic E-state index is -2.10. The van der Waals surface area contributed by atoms with Crippen LogP contribution < -0.4 is 108 Å². The number of aliphatic hydroxyl groups excluding tert-OH is 1. The topological polar surface area (TPSA) is 671 Å². The minimum Gasteiger partial charge on any atom is -0.480 e. The Morgan fingerprint density at radius 1 is 0.455 bits per heavy atom. The monoisotopic (exact) mass is 1560 g/mol. The van der Waals surface area contributed by atoms with Gasteiger partial charge in [0.25, 0.3) is 0 Å². The van der Waals surface area contributed by atoms with Crippen molar-refractivity contribution in [3.63, 3.8) is 0 Å². The van der Waals surface area contributed by atoms with E-state index in [1.165, 1.54) is 6.92 Å². The molecule has 41 heteroatoms. The predicted molar refractivity (Wildman–Crippen MR) is 399 cm³/mol. The number of carbonyl (C=O) groups excluding carboxylic acids is 17.